The normalized spacial score (nSPS) is 20.4. The summed E-state index contributed by atoms with van der Waals surface area (Å²) in [5, 5.41) is 9.23. The van der Waals surface area contributed by atoms with Crippen LogP contribution in [0.15, 0.2) is 18.3 Å². The van der Waals surface area contributed by atoms with Crippen LogP contribution in [0.5, 0.6) is 0 Å². The third-order valence-electron chi connectivity index (χ3n) is 3.07. The van der Waals surface area contributed by atoms with Crippen molar-refractivity contribution in [3.8, 4) is 0 Å². The summed E-state index contributed by atoms with van der Waals surface area (Å²) >= 11 is 0. The average Bonchev–Trinajstić information content (AvgIpc) is 2.39. The second-order valence-corrected chi connectivity index (χ2v) is 4.20. The fraction of sp³-hybridized carbons (Fsp3) is 0.500. The lowest BCUT2D eigenvalue weighted by Crippen LogP contribution is -2.45. The summed E-state index contributed by atoms with van der Waals surface area (Å²) in [5.74, 6) is -0.782. The molecule has 1 N–H and O–H groups in total. The number of rotatable bonds is 2. The topological polar surface area (TPSA) is 53.4 Å². The molecule has 2 rings (SSSR count). The van der Waals surface area contributed by atoms with E-state index < -0.39 is 5.95 Å². The van der Waals surface area contributed by atoms with Gasteiger partial charge in [0.05, 0.1) is 18.2 Å². The molecular formula is C12H15FN2O2. The van der Waals surface area contributed by atoms with E-state index in [9.17, 15) is 14.3 Å². The van der Waals surface area contributed by atoms with Crippen molar-refractivity contribution in [3.05, 3.63) is 29.8 Å². The van der Waals surface area contributed by atoms with E-state index in [-0.39, 0.29) is 18.6 Å². The summed E-state index contributed by atoms with van der Waals surface area (Å²) in [6.45, 7) is 0.613. The van der Waals surface area contributed by atoms with E-state index in [1.54, 1.807) is 4.90 Å². The Morgan fingerprint density at radius 2 is 2.35 bits per heavy atom. The van der Waals surface area contributed by atoms with Gasteiger partial charge in [-0.2, -0.15) is 4.39 Å². The van der Waals surface area contributed by atoms with Gasteiger partial charge in [-0.15, -0.1) is 0 Å². The molecular weight excluding hydrogens is 223 g/mol. The number of nitrogens with zero attached hydrogens (tertiary/aromatic N) is 2. The van der Waals surface area contributed by atoms with Gasteiger partial charge >= 0.3 is 0 Å². The molecule has 17 heavy (non-hydrogen) atoms. The molecule has 1 aromatic heterocycles. The molecule has 4 nitrogen and oxygen atoms in total. The second-order valence-electron chi connectivity index (χ2n) is 4.20. The summed E-state index contributed by atoms with van der Waals surface area (Å²) in [5.41, 5.74) is 0.367. The number of hydrogen-bond acceptors (Lipinski definition) is 3. The number of amides is 1. The molecule has 0 aliphatic carbocycles. The van der Waals surface area contributed by atoms with Crippen LogP contribution in [-0.4, -0.2) is 40.1 Å². The first-order chi connectivity index (χ1) is 8.22. The fourth-order valence-corrected chi connectivity index (χ4v) is 2.13. The molecule has 1 fully saturated rings. The highest BCUT2D eigenvalue weighted by Crippen LogP contribution is 2.19. The zero-order valence-electron chi connectivity index (χ0n) is 9.47. The number of likely N-dealkylation sites (tertiary alicyclic amines) is 1. The molecule has 1 saturated heterocycles. The molecule has 0 aromatic carbocycles. The summed E-state index contributed by atoms with van der Waals surface area (Å²) in [4.78, 5) is 17.3. The maximum absolute atomic E-state index is 12.7. The standard InChI is InChI=1S/C12H15FN2O2/c13-11-5-4-9(7-14-11)12(17)15-6-2-1-3-10(15)8-16/h4-5,7,10,16H,1-3,6,8H2. The fourth-order valence-electron chi connectivity index (χ4n) is 2.13. The minimum absolute atomic E-state index is 0.0274. The first kappa shape index (κ1) is 12.0. The number of pyridine rings is 1. The number of carbonyl (C=O) groups is 1. The molecule has 2 heterocycles. The Bertz CT molecular complexity index is 394. The van der Waals surface area contributed by atoms with Gasteiger partial charge in [0, 0.05) is 12.7 Å². The highest BCUT2D eigenvalue weighted by Gasteiger charge is 2.26. The maximum atomic E-state index is 12.7. The number of halogens is 1. The van der Waals surface area contributed by atoms with E-state index in [4.69, 9.17) is 0 Å². The van der Waals surface area contributed by atoms with Crippen molar-refractivity contribution < 1.29 is 14.3 Å². The smallest absolute Gasteiger partial charge is 0.255 e. The summed E-state index contributed by atoms with van der Waals surface area (Å²) in [6, 6.07) is 2.47. The van der Waals surface area contributed by atoms with E-state index in [1.807, 2.05) is 0 Å². The molecule has 0 saturated carbocycles. The maximum Gasteiger partial charge on any atom is 0.255 e. The van der Waals surface area contributed by atoms with Crippen LogP contribution in [-0.2, 0) is 0 Å². The zero-order valence-corrected chi connectivity index (χ0v) is 9.47. The van der Waals surface area contributed by atoms with Crippen molar-refractivity contribution in [3.63, 3.8) is 0 Å². The Kier molecular flexibility index (Phi) is 3.68. The van der Waals surface area contributed by atoms with Crippen molar-refractivity contribution in [2.45, 2.75) is 25.3 Å². The molecule has 0 bridgehead atoms. The number of hydrogen-bond donors (Lipinski definition) is 1. The quantitative estimate of drug-likeness (QED) is 0.788. The number of piperidine rings is 1. The van der Waals surface area contributed by atoms with Crippen LogP contribution in [0.2, 0.25) is 0 Å². The Balaban J connectivity index is 2.15. The number of aliphatic hydroxyl groups is 1. The van der Waals surface area contributed by atoms with Crippen LogP contribution < -0.4 is 0 Å². The van der Waals surface area contributed by atoms with E-state index in [1.165, 1.54) is 18.3 Å². The van der Waals surface area contributed by atoms with E-state index in [2.05, 4.69) is 4.98 Å². The molecule has 1 amide bonds. The van der Waals surface area contributed by atoms with Crippen molar-refractivity contribution >= 4 is 5.91 Å². The Hall–Kier alpha value is -1.49. The van der Waals surface area contributed by atoms with Crippen LogP contribution in [0.3, 0.4) is 0 Å². The first-order valence-corrected chi connectivity index (χ1v) is 5.76. The molecule has 5 heteroatoms. The molecule has 1 aliphatic rings. The lowest BCUT2D eigenvalue weighted by atomic mass is 10.0. The number of aromatic nitrogens is 1. The van der Waals surface area contributed by atoms with E-state index in [0.717, 1.165) is 19.3 Å². The van der Waals surface area contributed by atoms with Crippen LogP contribution in [0, 0.1) is 5.95 Å². The zero-order chi connectivity index (χ0) is 12.3. The number of carbonyl (C=O) groups excluding carboxylic acids is 1. The minimum atomic E-state index is -0.598. The highest BCUT2D eigenvalue weighted by atomic mass is 19.1. The Morgan fingerprint density at radius 3 is 3.00 bits per heavy atom. The van der Waals surface area contributed by atoms with Crippen molar-refractivity contribution in [2.75, 3.05) is 13.2 Å². The van der Waals surface area contributed by atoms with Crippen LogP contribution >= 0.6 is 0 Å². The van der Waals surface area contributed by atoms with Gasteiger partial charge in [-0.1, -0.05) is 0 Å². The Labute approximate surface area is 99.1 Å². The minimum Gasteiger partial charge on any atom is -0.394 e. The lowest BCUT2D eigenvalue weighted by Gasteiger charge is -2.34. The van der Waals surface area contributed by atoms with Gasteiger partial charge in [-0.25, -0.2) is 4.98 Å². The predicted molar refractivity (Wildman–Crippen MR) is 60.0 cm³/mol. The van der Waals surface area contributed by atoms with Gasteiger partial charge in [-0.3, -0.25) is 4.79 Å². The van der Waals surface area contributed by atoms with Crippen LogP contribution in [0.25, 0.3) is 0 Å². The van der Waals surface area contributed by atoms with E-state index in [0.29, 0.717) is 12.1 Å². The van der Waals surface area contributed by atoms with Gasteiger partial charge in [0.25, 0.3) is 5.91 Å². The molecule has 0 spiro atoms. The highest BCUT2D eigenvalue weighted by molar-refractivity contribution is 5.94. The van der Waals surface area contributed by atoms with Crippen molar-refractivity contribution in [1.29, 1.82) is 0 Å². The largest absolute Gasteiger partial charge is 0.394 e. The predicted octanol–water partition coefficient (Wildman–Crippen LogP) is 1.21. The van der Waals surface area contributed by atoms with E-state index >= 15 is 0 Å². The van der Waals surface area contributed by atoms with Gasteiger partial charge in [-0.05, 0) is 31.4 Å². The summed E-state index contributed by atoms with van der Waals surface area (Å²) in [7, 11) is 0. The monoisotopic (exact) mass is 238 g/mol. The molecule has 1 aliphatic heterocycles. The SMILES string of the molecule is O=C(c1ccc(F)nc1)N1CCCCC1CO. The Morgan fingerprint density at radius 1 is 1.53 bits per heavy atom. The van der Waals surface area contributed by atoms with Crippen molar-refractivity contribution in [2.24, 2.45) is 0 Å². The molecule has 1 aromatic rings. The van der Waals surface area contributed by atoms with Crippen LogP contribution in [0.4, 0.5) is 4.39 Å². The second kappa shape index (κ2) is 5.23. The lowest BCUT2D eigenvalue weighted by molar-refractivity contribution is 0.0502. The molecule has 1 atom stereocenters. The third kappa shape index (κ3) is 2.61. The van der Waals surface area contributed by atoms with Gasteiger partial charge in [0.2, 0.25) is 5.95 Å². The third-order valence-corrected chi connectivity index (χ3v) is 3.07. The van der Waals surface area contributed by atoms with Gasteiger partial charge in [0.15, 0.2) is 0 Å². The average molecular weight is 238 g/mol. The number of aliphatic hydroxyl groups excluding tert-OH is 1. The summed E-state index contributed by atoms with van der Waals surface area (Å²) in [6.07, 6.45) is 4.02. The van der Waals surface area contributed by atoms with Crippen LogP contribution in [0.1, 0.15) is 29.6 Å². The van der Waals surface area contributed by atoms with Gasteiger partial charge in [0.1, 0.15) is 0 Å². The first-order valence-electron chi connectivity index (χ1n) is 5.76. The summed E-state index contributed by atoms with van der Waals surface area (Å²) < 4.78 is 12.7. The molecule has 0 radical (unpaired) electrons. The molecule has 1 unspecified atom stereocenters. The van der Waals surface area contributed by atoms with Gasteiger partial charge < -0.3 is 10.0 Å². The van der Waals surface area contributed by atoms with Crippen molar-refractivity contribution in [1.82, 2.24) is 9.88 Å². The molecule has 92 valence electrons.